The summed E-state index contributed by atoms with van der Waals surface area (Å²) in [6, 6.07) is 4.94. The smallest absolute Gasteiger partial charge is 0.333 e. The van der Waals surface area contributed by atoms with Crippen LogP contribution in [0, 0.1) is 10.1 Å². The van der Waals surface area contributed by atoms with Crippen LogP contribution in [0.1, 0.15) is 0 Å². The van der Waals surface area contributed by atoms with Gasteiger partial charge in [0.1, 0.15) is 5.69 Å². The minimum atomic E-state index is -0.446. The highest BCUT2D eigenvalue weighted by atomic mass is 16.6. The molecule has 1 aromatic heterocycles. The van der Waals surface area contributed by atoms with E-state index in [9.17, 15) is 10.1 Å². The van der Waals surface area contributed by atoms with Crippen molar-refractivity contribution in [2.24, 2.45) is 0 Å². The van der Waals surface area contributed by atoms with Crippen molar-refractivity contribution in [2.45, 2.75) is 6.54 Å². The van der Waals surface area contributed by atoms with E-state index in [0.29, 0.717) is 18.8 Å². The van der Waals surface area contributed by atoms with Gasteiger partial charge in [0.05, 0.1) is 18.4 Å². The largest absolute Gasteiger partial charge is 0.490 e. The van der Waals surface area contributed by atoms with Crippen molar-refractivity contribution in [2.75, 3.05) is 19.0 Å². The Morgan fingerprint density at radius 2 is 2.37 bits per heavy atom. The first kappa shape index (κ1) is 12.9. The molecule has 0 unspecified atom stereocenters. The number of methoxy groups -OCH3 is 1. The van der Waals surface area contributed by atoms with Crippen LogP contribution in [-0.2, 0) is 6.54 Å². The molecule has 0 aliphatic heterocycles. The molecule has 1 heterocycles. The summed E-state index contributed by atoms with van der Waals surface area (Å²) in [5, 5.41) is 14.1. The average molecular weight is 262 g/mol. The van der Waals surface area contributed by atoms with E-state index in [1.54, 1.807) is 30.7 Å². The number of nitro benzene ring substituents is 1. The first-order valence-electron chi connectivity index (χ1n) is 5.73. The molecule has 2 aromatic rings. The van der Waals surface area contributed by atoms with Crippen LogP contribution in [0.25, 0.3) is 0 Å². The molecule has 0 atom stereocenters. The lowest BCUT2D eigenvalue weighted by atomic mass is 10.2. The number of anilines is 1. The van der Waals surface area contributed by atoms with Crippen molar-refractivity contribution in [3.63, 3.8) is 0 Å². The Bertz CT molecular complexity index is 554. The number of para-hydroxylation sites is 1. The Hall–Kier alpha value is -2.57. The fourth-order valence-corrected chi connectivity index (χ4v) is 1.76. The molecule has 100 valence electrons. The summed E-state index contributed by atoms with van der Waals surface area (Å²) in [5.41, 5.74) is 0.403. The van der Waals surface area contributed by atoms with Crippen LogP contribution in [0.15, 0.2) is 36.9 Å². The van der Waals surface area contributed by atoms with E-state index in [-0.39, 0.29) is 11.4 Å². The lowest BCUT2D eigenvalue weighted by Gasteiger charge is -2.09. The number of nitro groups is 1. The Labute approximate surface area is 110 Å². The zero-order valence-corrected chi connectivity index (χ0v) is 10.4. The van der Waals surface area contributed by atoms with Gasteiger partial charge in [0.25, 0.3) is 0 Å². The van der Waals surface area contributed by atoms with E-state index in [2.05, 4.69) is 10.3 Å². The molecule has 0 saturated heterocycles. The number of aromatic nitrogens is 2. The highest BCUT2D eigenvalue weighted by Crippen LogP contribution is 2.34. The Kier molecular flexibility index (Phi) is 3.97. The highest BCUT2D eigenvalue weighted by Gasteiger charge is 2.19. The van der Waals surface area contributed by atoms with E-state index in [1.807, 2.05) is 10.8 Å². The number of hydrogen-bond donors (Lipinski definition) is 1. The summed E-state index contributed by atoms with van der Waals surface area (Å²) in [7, 11) is 1.41. The predicted octanol–water partition coefficient (Wildman–Crippen LogP) is 1.91. The highest BCUT2D eigenvalue weighted by molar-refractivity contribution is 5.68. The van der Waals surface area contributed by atoms with Gasteiger partial charge < -0.3 is 14.6 Å². The Morgan fingerprint density at radius 1 is 1.53 bits per heavy atom. The molecule has 19 heavy (non-hydrogen) atoms. The number of nitrogens with one attached hydrogen (secondary N) is 1. The third kappa shape index (κ3) is 3.01. The van der Waals surface area contributed by atoms with Crippen LogP contribution in [0.4, 0.5) is 11.4 Å². The molecule has 7 heteroatoms. The summed E-state index contributed by atoms with van der Waals surface area (Å²) >= 11 is 0. The molecule has 2 rings (SSSR count). The molecule has 1 N–H and O–H groups in total. The van der Waals surface area contributed by atoms with Gasteiger partial charge in [0.2, 0.25) is 0 Å². The standard InChI is InChI=1S/C12H14N4O3/c1-19-11-4-2-3-10(12(11)16(17)18)14-6-8-15-7-5-13-9-15/h2-5,7,9,14H,6,8H2,1H3. The molecular formula is C12H14N4O3. The molecule has 7 nitrogen and oxygen atoms in total. The zero-order valence-electron chi connectivity index (χ0n) is 10.4. The maximum absolute atomic E-state index is 11.1. The Balaban J connectivity index is 2.09. The first-order chi connectivity index (χ1) is 9.22. The second-order valence-corrected chi connectivity index (χ2v) is 3.84. The molecule has 0 bridgehead atoms. The monoisotopic (exact) mass is 262 g/mol. The van der Waals surface area contributed by atoms with Crippen molar-refractivity contribution in [1.82, 2.24) is 9.55 Å². The molecule has 0 fully saturated rings. The van der Waals surface area contributed by atoms with Gasteiger partial charge in [-0.1, -0.05) is 6.07 Å². The van der Waals surface area contributed by atoms with Crippen LogP contribution in [0.5, 0.6) is 5.75 Å². The summed E-state index contributed by atoms with van der Waals surface area (Å²) in [6.07, 6.45) is 5.22. The number of rotatable bonds is 6. The second kappa shape index (κ2) is 5.85. The Morgan fingerprint density at radius 3 is 3.00 bits per heavy atom. The second-order valence-electron chi connectivity index (χ2n) is 3.84. The van der Waals surface area contributed by atoms with E-state index < -0.39 is 4.92 Å². The van der Waals surface area contributed by atoms with Crippen LogP contribution in [0.3, 0.4) is 0 Å². The molecule has 0 saturated carbocycles. The van der Waals surface area contributed by atoms with Crippen LogP contribution in [-0.4, -0.2) is 28.1 Å². The molecular weight excluding hydrogens is 248 g/mol. The third-order valence-corrected chi connectivity index (χ3v) is 2.65. The maximum atomic E-state index is 11.1. The van der Waals surface area contributed by atoms with Crippen LogP contribution in [0.2, 0.25) is 0 Å². The van der Waals surface area contributed by atoms with Crippen molar-refractivity contribution < 1.29 is 9.66 Å². The number of hydrogen-bond acceptors (Lipinski definition) is 5. The molecule has 0 radical (unpaired) electrons. The van der Waals surface area contributed by atoms with Gasteiger partial charge >= 0.3 is 5.69 Å². The summed E-state index contributed by atoms with van der Waals surface area (Å²) in [5.74, 6) is 0.248. The van der Waals surface area contributed by atoms with Gasteiger partial charge in [-0.25, -0.2) is 4.98 Å². The van der Waals surface area contributed by atoms with E-state index in [0.717, 1.165) is 0 Å². The predicted molar refractivity (Wildman–Crippen MR) is 70.4 cm³/mol. The maximum Gasteiger partial charge on any atom is 0.333 e. The van der Waals surface area contributed by atoms with Crippen LogP contribution < -0.4 is 10.1 Å². The molecule has 0 amide bonds. The van der Waals surface area contributed by atoms with Crippen molar-refractivity contribution in [3.8, 4) is 5.75 Å². The normalized spacial score (nSPS) is 10.2. The topological polar surface area (TPSA) is 82.2 Å². The number of ether oxygens (including phenoxy) is 1. The minimum Gasteiger partial charge on any atom is -0.490 e. The lowest BCUT2D eigenvalue weighted by molar-refractivity contribution is -0.384. The fourth-order valence-electron chi connectivity index (χ4n) is 1.76. The average Bonchev–Trinajstić information content (AvgIpc) is 2.91. The number of benzene rings is 1. The molecule has 0 aliphatic carbocycles. The molecule has 0 aliphatic rings. The molecule has 1 aromatic carbocycles. The van der Waals surface area contributed by atoms with Gasteiger partial charge in [-0.3, -0.25) is 10.1 Å². The number of nitrogens with zero attached hydrogens (tertiary/aromatic N) is 3. The summed E-state index contributed by atoms with van der Waals surface area (Å²) in [6.45, 7) is 1.23. The van der Waals surface area contributed by atoms with Crippen molar-refractivity contribution in [1.29, 1.82) is 0 Å². The van der Waals surface area contributed by atoms with E-state index in [4.69, 9.17) is 4.74 Å². The van der Waals surface area contributed by atoms with Gasteiger partial charge in [-0.05, 0) is 12.1 Å². The lowest BCUT2D eigenvalue weighted by Crippen LogP contribution is -2.10. The van der Waals surface area contributed by atoms with Crippen molar-refractivity contribution >= 4 is 11.4 Å². The summed E-state index contributed by atoms with van der Waals surface area (Å²) in [4.78, 5) is 14.5. The van der Waals surface area contributed by atoms with Crippen molar-refractivity contribution in [3.05, 3.63) is 47.0 Å². The SMILES string of the molecule is COc1cccc(NCCn2ccnc2)c1[N+](=O)[O-]. The van der Waals surface area contributed by atoms with Gasteiger partial charge in [0.15, 0.2) is 5.75 Å². The fraction of sp³-hybridized carbons (Fsp3) is 0.250. The quantitative estimate of drug-likeness (QED) is 0.635. The first-order valence-corrected chi connectivity index (χ1v) is 5.73. The summed E-state index contributed by atoms with van der Waals surface area (Å²) < 4.78 is 6.89. The van der Waals surface area contributed by atoms with Gasteiger partial charge in [0, 0.05) is 25.5 Å². The third-order valence-electron chi connectivity index (χ3n) is 2.65. The van der Waals surface area contributed by atoms with Gasteiger partial charge in [-0.2, -0.15) is 0 Å². The molecule has 0 spiro atoms. The zero-order chi connectivity index (χ0) is 13.7. The van der Waals surface area contributed by atoms with E-state index >= 15 is 0 Å². The number of imidazole rings is 1. The van der Waals surface area contributed by atoms with E-state index in [1.165, 1.54) is 7.11 Å². The van der Waals surface area contributed by atoms with Crippen LogP contribution >= 0.6 is 0 Å². The minimum absolute atomic E-state index is 0.0457. The van der Waals surface area contributed by atoms with Gasteiger partial charge in [-0.15, -0.1) is 0 Å².